The molecule has 2 aromatic carbocycles. The second-order valence-corrected chi connectivity index (χ2v) is 7.86. The summed E-state index contributed by atoms with van der Waals surface area (Å²) in [4.78, 5) is 38.1. The van der Waals surface area contributed by atoms with Crippen molar-refractivity contribution in [3.63, 3.8) is 0 Å². The maximum absolute atomic E-state index is 12.9. The van der Waals surface area contributed by atoms with Crippen molar-refractivity contribution in [2.24, 2.45) is 11.8 Å². The minimum atomic E-state index is -0.767. The van der Waals surface area contributed by atoms with Crippen molar-refractivity contribution in [2.45, 2.75) is 32.7 Å². The molecule has 0 bridgehead atoms. The van der Waals surface area contributed by atoms with E-state index in [0.717, 1.165) is 16.8 Å². The van der Waals surface area contributed by atoms with Crippen LogP contribution in [0.15, 0.2) is 48.5 Å². The lowest BCUT2D eigenvalue weighted by Gasteiger charge is -2.43. The van der Waals surface area contributed by atoms with Crippen molar-refractivity contribution in [3.8, 4) is 0 Å². The predicted molar refractivity (Wildman–Crippen MR) is 113 cm³/mol. The number of rotatable bonds is 4. The van der Waals surface area contributed by atoms with Crippen LogP contribution in [-0.2, 0) is 14.4 Å². The number of hydrogen-bond donors (Lipinski definition) is 5. The molecule has 156 valence electrons. The minimum Gasteiger partial charge on any atom is -0.353 e. The predicted octanol–water partition coefficient (Wildman–Crippen LogP) is 1.44. The number of fused-ring (bicyclic) bond motifs is 1. The third-order valence-corrected chi connectivity index (χ3v) is 5.43. The molecule has 5 N–H and O–H groups in total. The summed E-state index contributed by atoms with van der Waals surface area (Å²) >= 11 is 0. The monoisotopic (exact) mass is 407 g/mol. The van der Waals surface area contributed by atoms with Gasteiger partial charge in [0.2, 0.25) is 17.7 Å². The number of anilines is 2. The summed E-state index contributed by atoms with van der Waals surface area (Å²) in [5.41, 5.74) is 3.61. The number of aryl methyl sites for hydroxylation is 2. The third-order valence-electron chi connectivity index (χ3n) is 5.43. The molecule has 2 heterocycles. The number of piperidine rings is 1. The second kappa shape index (κ2) is 8.16. The van der Waals surface area contributed by atoms with E-state index in [2.05, 4.69) is 26.6 Å². The van der Waals surface area contributed by atoms with Crippen molar-refractivity contribution in [3.05, 3.63) is 59.7 Å². The van der Waals surface area contributed by atoms with Crippen LogP contribution in [0.25, 0.3) is 0 Å². The SMILES string of the molecule is Cc1ccc(NC2NC(=O)C3C(NC(=O)CC3C(=O)Nc3cccc(C)c3)N2)cc1. The van der Waals surface area contributed by atoms with Crippen LogP contribution in [-0.4, -0.2) is 30.2 Å². The molecule has 30 heavy (non-hydrogen) atoms. The van der Waals surface area contributed by atoms with Crippen molar-refractivity contribution >= 4 is 29.1 Å². The number of carbonyl (C=O) groups excluding carboxylic acids is 3. The molecule has 2 fully saturated rings. The second-order valence-electron chi connectivity index (χ2n) is 7.86. The number of hydrogen-bond acceptors (Lipinski definition) is 5. The van der Waals surface area contributed by atoms with Gasteiger partial charge in [0, 0.05) is 17.8 Å². The van der Waals surface area contributed by atoms with Crippen LogP contribution in [0.2, 0.25) is 0 Å². The first-order chi connectivity index (χ1) is 14.4. The van der Waals surface area contributed by atoms with E-state index < -0.39 is 24.3 Å². The lowest BCUT2D eigenvalue weighted by molar-refractivity contribution is -0.144. The topological polar surface area (TPSA) is 111 Å². The van der Waals surface area contributed by atoms with E-state index in [1.54, 1.807) is 6.07 Å². The summed E-state index contributed by atoms with van der Waals surface area (Å²) in [7, 11) is 0. The average Bonchev–Trinajstić information content (AvgIpc) is 2.69. The fraction of sp³-hybridized carbons (Fsp3) is 0.318. The number of nitrogens with one attached hydrogen (secondary N) is 5. The zero-order valence-corrected chi connectivity index (χ0v) is 16.9. The van der Waals surface area contributed by atoms with Crippen LogP contribution < -0.4 is 26.6 Å². The van der Waals surface area contributed by atoms with Crippen molar-refractivity contribution < 1.29 is 14.4 Å². The molecule has 0 spiro atoms. The molecule has 3 amide bonds. The van der Waals surface area contributed by atoms with Gasteiger partial charge in [-0.05, 0) is 43.7 Å². The van der Waals surface area contributed by atoms with Crippen LogP contribution in [0.4, 0.5) is 11.4 Å². The van der Waals surface area contributed by atoms with E-state index >= 15 is 0 Å². The van der Waals surface area contributed by atoms with Gasteiger partial charge in [-0.2, -0.15) is 0 Å². The molecule has 2 aromatic rings. The Kier molecular flexibility index (Phi) is 5.41. The Morgan fingerprint density at radius 2 is 1.73 bits per heavy atom. The zero-order chi connectivity index (χ0) is 21.3. The van der Waals surface area contributed by atoms with E-state index in [4.69, 9.17) is 0 Å². The average molecular weight is 407 g/mol. The van der Waals surface area contributed by atoms with Crippen LogP contribution in [0.5, 0.6) is 0 Å². The van der Waals surface area contributed by atoms with E-state index in [0.29, 0.717) is 5.69 Å². The van der Waals surface area contributed by atoms with Crippen LogP contribution >= 0.6 is 0 Å². The van der Waals surface area contributed by atoms with Gasteiger partial charge in [0.25, 0.3) is 0 Å². The molecule has 8 heteroatoms. The summed E-state index contributed by atoms with van der Waals surface area (Å²) in [6.45, 7) is 3.92. The van der Waals surface area contributed by atoms with Gasteiger partial charge in [-0.25, -0.2) is 0 Å². The first-order valence-electron chi connectivity index (χ1n) is 9.95. The molecule has 0 radical (unpaired) electrons. The van der Waals surface area contributed by atoms with E-state index in [1.165, 1.54) is 0 Å². The van der Waals surface area contributed by atoms with Crippen molar-refractivity contribution in [1.82, 2.24) is 16.0 Å². The Labute approximate surface area is 174 Å². The highest BCUT2D eigenvalue weighted by Gasteiger charge is 2.48. The number of amides is 3. The maximum Gasteiger partial charge on any atom is 0.229 e. The molecule has 0 aromatic heterocycles. The molecular formula is C22H25N5O3. The summed E-state index contributed by atoms with van der Waals surface area (Å²) in [5, 5.41) is 14.9. The fourth-order valence-electron chi connectivity index (χ4n) is 3.93. The Morgan fingerprint density at radius 3 is 2.47 bits per heavy atom. The lowest BCUT2D eigenvalue weighted by atomic mass is 9.81. The lowest BCUT2D eigenvalue weighted by Crippen LogP contribution is -2.72. The van der Waals surface area contributed by atoms with Crippen LogP contribution in [0, 0.1) is 25.7 Å². The summed E-state index contributed by atoms with van der Waals surface area (Å²) in [6, 6.07) is 15.1. The first kappa shape index (κ1) is 19.9. The van der Waals surface area contributed by atoms with Gasteiger partial charge in [-0.1, -0.05) is 29.8 Å². The van der Waals surface area contributed by atoms with E-state index in [1.807, 2.05) is 56.3 Å². The molecule has 2 saturated heterocycles. The Morgan fingerprint density at radius 1 is 0.967 bits per heavy atom. The summed E-state index contributed by atoms with van der Waals surface area (Å²) in [5.74, 6) is -2.36. The Bertz CT molecular complexity index is 975. The van der Waals surface area contributed by atoms with Gasteiger partial charge in [-0.15, -0.1) is 0 Å². The highest BCUT2D eigenvalue weighted by molar-refractivity contribution is 6.00. The smallest absolute Gasteiger partial charge is 0.229 e. The molecule has 0 saturated carbocycles. The summed E-state index contributed by atoms with van der Waals surface area (Å²) in [6.07, 6.45) is -1.25. The normalized spacial score (nSPS) is 25.5. The highest BCUT2D eigenvalue weighted by Crippen LogP contribution is 2.28. The number of carbonyl (C=O) groups is 3. The van der Waals surface area contributed by atoms with Gasteiger partial charge in [0.1, 0.15) is 0 Å². The van der Waals surface area contributed by atoms with Crippen LogP contribution in [0.3, 0.4) is 0 Å². The largest absolute Gasteiger partial charge is 0.353 e. The van der Waals surface area contributed by atoms with E-state index in [-0.39, 0.29) is 24.1 Å². The minimum absolute atomic E-state index is 0.0377. The fourth-order valence-corrected chi connectivity index (χ4v) is 3.93. The zero-order valence-electron chi connectivity index (χ0n) is 16.9. The quantitative estimate of drug-likeness (QED) is 0.527. The Balaban J connectivity index is 1.48. The number of benzene rings is 2. The van der Waals surface area contributed by atoms with Gasteiger partial charge in [0.15, 0.2) is 6.29 Å². The highest BCUT2D eigenvalue weighted by atomic mass is 16.2. The van der Waals surface area contributed by atoms with Gasteiger partial charge >= 0.3 is 0 Å². The third kappa shape index (κ3) is 4.28. The van der Waals surface area contributed by atoms with E-state index in [9.17, 15) is 14.4 Å². The molecule has 4 unspecified atom stereocenters. The van der Waals surface area contributed by atoms with Gasteiger partial charge in [0.05, 0.1) is 18.0 Å². The molecule has 2 aliphatic heterocycles. The standard InChI is InChI=1S/C22H25N5O3/c1-12-6-8-14(9-7-12)24-22-26-19-18(21(30)27-22)16(11-17(28)25-19)20(29)23-15-5-3-4-13(2)10-15/h3-10,16,18-19,22,24,26H,11H2,1-2H3,(H,23,29)(H,25,28)(H,27,30). The first-order valence-corrected chi connectivity index (χ1v) is 9.95. The van der Waals surface area contributed by atoms with Crippen LogP contribution in [0.1, 0.15) is 17.5 Å². The molecule has 0 aliphatic carbocycles. The van der Waals surface area contributed by atoms with Crippen molar-refractivity contribution in [2.75, 3.05) is 10.6 Å². The van der Waals surface area contributed by atoms with Crippen molar-refractivity contribution in [1.29, 1.82) is 0 Å². The molecule has 2 aliphatic rings. The van der Waals surface area contributed by atoms with Gasteiger partial charge < -0.3 is 21.3 Å². The molecule has 8 nitrogen and oxygen atoms in total. The molecule has 4 atom stereocenters. The Hall–Kier alpha value is -3.39. The molecular weight excluding hydrogens is 382 g/mol. The molecule has 4 rings (SSSR count). The van der Waals surface area contributed by atoms with Gasteiger partial charge in [-0.3, -0.25) is 19.7 Å². The summed E-state index contributed by atoms with van der Waals surface area (Å²) < 4.78 is 0. The maximum atomic E-state index is 12.9.